The lowest BCUT2D eigenvalue weighted by molar-refractivity contribution is 0.152. The molecule has 0 bridgehead atoms. The van der Waals surface area contributed by atoms with E-state index in [2.05, 4.69) is 50.7 Å². The highest BCUT2D eigenvalue weighted by Gasteiger charge is 2.22. The van der Waals surface area contributed by atoms with Gasteiger partial charge in [0.1, 0.15) is 5.75 Å². The number of rotatable bonds is 10. The lowest BCUT2D eigenvalue weighted by atomic mass is 10.2. The van der Waals surface area contributed by atoms with Gasteiger partial charge in [0, 0.05) is 51.9 Å². The van der Waals surface area contributed by atoms with Crippen molar-refractivity contribution in [2.75, 3.05) is 60.0 Å². The number of piperazine rings is 1. The van der Waals surface area contributed by atoms with Crippen LogP contribution in [0.5, 0.6) is 5.75 Å². The number of likely N-dealkylation sites (N-methyl/N-ethyl adjacent to an activating group) is 1. The first-order valence-corrected chi connectivity index (χ1v) is 10.8. The van der Waals surface area contributed by atoms with Crippen molar-refractivity contribution in [1.82, 2.24) is 20.4 Å². The molecule has 7 heteroatoms. The zero-order valence-corrected chi connectivity index (χ0v) is 20.4. The third-order valence-corrected chi connectivity index (χ3v) is 5.60. The maximum atomic E-state index is 6.00. The number of nitrogens with one attached hydrogen (secondary N) is 2. The molecule has 3 rings (SSSR count). The highest BCUT2D eigenvalue weighted by atomic mass is 127. The summed E-state index contributed by atoms with van der Waals surface area (Å²) in [6.45, 7) is 8.52. The van der Waals surface area contributed by atoms with E-state index >= 15 is 0 Å². The maximum Gasteiger partial charge on any atom is 0.191 e. The first kappa shape index (κ1) is 24.2. The fourth-order valence-corrected chi connectivity index (χ4v) is 3.42. The number of hydrogen-bond acceptors (Lipinski definition) is 4. The van der Waals surface area contributed by atoms with Gasteiger partial charge >= 0.3 is 0 Å². The Bertz CT molecular complexity index is 615. The van der Waals surface area contributed by atoms with Crippen molar-refractivity contribution in [2.45, 2.75) is 32.2 Å². The number of benzene rings is 1. The summed E-state index contributed by atoms with van der Waals surface area (Å²) < 4.78 is 6.00. The van der Waals surface area contributed by atoms with Gasteiger partial charge in [-0.2, -0.15) is 0 Å². The van der Waals surface area contributed by atoms with Gasteiger partial charge in [0.25, 0.3) is 0 Å². The molecule has 2 N–H and O–H groups in total. The van der Waals surface area contributed by atoms with Crippen LogP contribution >= 0.6 is 24.0 Å². The molecule has 1 aromatic carbocycles. The van der Waals surface area contributed by atoms with Gasteiger partial charge in [0.2, 0.25) is 0 Å². The van der Waals surface area contributed by atoms with Gasteiger partial charge in [-0.05, 0) is 51.3 Å². The second-order valence-electron chi connectivity index (χ2n) is 8.07. The molecule has 1 saturated heterocycles. The van der Waals surface area contributed by atoms with Crippen LogP contribution < -0.4 is 15.4 Å². The fraction of sp³-hybridized carbons (Fsp3) is 0.682. The second kappa shape index (κ2) is 13.3. The lowest BCUT2D eigenvalue weighted by Gasteiger charge is -2.32. The van der Waals surface area contributed by atoms with E-state index in [-0.39, 0.29) is 24.0 Å². The van der Waals surface area contributed by atoms with Crippen molar-refractivity contribution in [1.29, 1.82) is 0 Å². The number of halogens is 1. The molecule has 1 aliphatic carbocycles. The van der Waals surface area contributed by atoms with Crippen molar-refractivity contribution < 1.29 is 4.74 Å². The Labute approximate surface area is 193 Å². The molecular weight excluding hydrogens is 477 g/mol. The smallest absolute Gasteiger partial charge is 0.191 e. The lowest BCUT2D eigenvalue weighted by Crippen LogP contribution is -2.44. The van der Waals surface area contributed by atoms with E-state index in [9.17, 15) is 0 Å². The minimum absolute atomic E-state index is 0. The molecule has 6 nitrogen and oxygen atoms in total. The van der Waals surface area contributed by atoms with Gasteiger partial charge in [-0.25, -0.2) is 0 Å². The van der Waals surface area contributed by atoms with Crippen molar-refractivity contribution in [3.63, 3.8) is 0 Å². The average Bonchev–Trinajstić information content (AvgIpc) is 3.55. The molecule has 0 radical (unpaired) electrons. The molecule has 0 spiro atoms. The average molecular weight is 515 g/mol. The van der Waals surface area contributed by atoms with Crippen LogP contribution in [0.3, 0.4) is 0 Å². The monoisotopic (exact) mass is 515 g/mol. The van der Waals surface area contributed by atoms with Crippen LogP contribution in [-0.2, 0) is 6.54 Å². The van der Waals surface area contributed by atoms with Crippen LogP contribution in [-0.4, -0.2) is 75.7 Å². The Morgan fingerprint density at radius 2 is 1.86 bits per heavy atom. The molecule has 0 aromatic heterocycles. The molecule has 1 aliphatic heterocycles. The molecular formula is C22H38IN5O. The molecule has 0 atom stereocenters. The first-order chi connectivity index (χ1) is 13.7. The first-order valence-electron chi connectivity index (χ1n) is 10.8. The zero-order valence-electron chi connectivity index (χ0n) is 18.0. The quantitative estimate of drug-likeness (QED) is 0.217. The van der Waals surface area contributed by atoms with Crippen molar-refractivity contribution in [3.05, 3.63) is 29.8 Å². The summed E-state index contributed by atoms with van der Waals surface area (Å²) in [6, 6.07) is 8.29. The van der Waals surface area contributed by atoms with Crippen molar-refractivity contribution in [3.8, 4) is 5.75 Å². The Kier molecular flexibility index (Phi) is 11.1. The topological polar surface area (TPSA) is 52.1 Å². The van der Waals surface area contributed by atoms with Crippen LogP contribution in [0.2, 0.25) is 0 Å². The van der Waals surface area contributed by atoms with Crippen LogP contribution in [0.25, 0.3) is 0 Å². The van der Waals surface area contributed by atoms with Gasteiger partial charge in [-0.15, -0.1) is 24.0 Å². The summed E-state index contributed by atoms with van der Waals surface area (Å²) in [5, 5.41) is 6.85. The Hall–Kier alpha value is -1.06. The van der Waals surface area contributed by atoms with E-state index in [4.69, 9.17) is 4.74 Å². The number of nitrogens with zero attached hydrogens (tertiary/aromatic N) is 3. The molecule has 1 aromatic rings. The van der Waals surface area contributed by atoms with Crippen LogP contribution in [0.15, 0.2) is 29.3 Å². The zero-order chi connectivity index (χ0) is 19.6. The fourth-order valence-electron chi connectivity index (χ4n) is 3.42. The molecule has 2 fully saturated rings. The molecule has 0 amide bonds. The minimum Gasteiger partial charge on any atom is -0.493 e. The predicted molar refractivity (Wildman–Crippen MR) is 131 cm³/mol. The third kappa shape index (κ3) is 9.09. The molecule has 1 saturated carbocycles. The summed E-state index contributed by atoms with van der Waals surface area (Å²) in [4.78, 5) is 9.33. The number of aliphatic imine (C=N–C) groups is 1. The van der Waals surface area contributed by atoms with Crippen molar-refractivity contribution >= 4 is 29.9 Å². The highest BCUT2D eigenvalue weighted by Crippen LogP contribution is 2.30. The van der Waals surface area contributed by atoms with Gasteiger partial charge in [-0.1, -0.05) is 18.2 Å². The normalized spacial score (nSPS) is 18.2. The number of unbranched alkanes of at least 4 members (excludes halogenated alkanes) is 1. The van der Waals surface area contributed by atoms with Crippen LogP contribution in [0.4, 0.5) is 0 Å². The van der Waals surface area contributed by atoms with E-state index in [1.807, 2.05) is 13.1 Å². The van der Waals surface area contributed by atoms with E-state index < -0.39 is 0 Å². The summed E-state index contributed by atoms with van der Waals surface area (Å²) in [5.41, 5.74) is 1.18. The largest absolute Gasteiger partial charge is 0.493 e. The molecule has 0 unspecified atom stereocenters. The molecule has 164 valence electrons. The van der Waals surface area contributed by atoms with Crippen molar-refractivity contribution in [2.24, 2.45) is 10.9 Å². The summed E-state index contributed by atoms with van der Waals surface area (Å²) >= 11 is 0. The third-order valence-electron chi connectivity index (χ3n) is 5.60. The Morgan fingerprint density at radius 1 is 1.10 bits per heavy atom. The van der Waals surface area contributed by atoms with E-state index in [1.54, 1.807) is 0 Å². The van der Waals surface area contributed by atoms with Crippen LogP contribution in [0, 0.1) is 5.92 Å². The summed E-state index contributed by atoms with van der Waals surface area (Å²) in [5.74, 6) is 2.61. The van der Waals surface area contributed by atoms with E-state index in [0.717, 1.165) is 43.7 Å². The predicted octanol–water partition coefficient (Wildman–Crippen LogP) is 2.79. The summed E-state index contributed by atoms with van der Waals surface area (Å²) in [6.07, 6.45) is 5.01. The number of ether oxygens (including phenoxy) is 1. The highest BCUT2D eigenvalue weighted by molar-refractivity contribution is 14.0. The minimum atomic E-state index is 0. The molecule has 29 heavy (non-hydrogen) atoms. The molecule has 1 heterocycles. The standard InChI is InChI=1S/C22H37N5O.HI/c1-23-22(24-11-5-6-12-27-15-13-26(2)14-16-27)25-17-20-7-3-4-8-21(20)28-18-19-9-10-19;/h3-4,7-8,19H,5-6,9-18H2,1-2H3,(H2,23,24,25);1H. The number of hydrogen-bond donors (Lipinski definition) is 2. The Morgan fingerprint density at radius 3 is 2.59 bits per heavy atom. The van der Waals surface area contributed by atoms with Gasteiger partial charge in [-0.3, -0.25) is 4.99 Å². The Balaban J connectivity index is 0.00000300. The summed E-state index contributed by atoms with van der Waals surface area (Å²) in [7, 11) is 4.03. The van der Waals surface area contributed by atoms with E-state index in [1.165, 1.54) is 57.5 Å². The molecule has 2 aliphatic rings. The van der Waals surface area contributed by atoms with Gasteiger partial charge in [0.15, 0.2) is 5.96 Å². The number of guanidine groups is 1. The maximum absolute atomic E-state index is 6.00. The number of para-hydroxylation sites is 1. The van der Waals surface area contributed by atoms with Gasteiger partial charge < -0.3 is 25.2 Å². The van der Waals surface area contributed by atoms with E-state index in [0.29, 0.717) is 0 Å². The van der Waals surface area contributed by atoms with Crippen LogP contribution in [0.1, 0.15) is 31.2 Å². The van der Waals surface area contributed by atoms with Gasteiger partial charge in [0.05, 0.1) is 6.61 Å². The SMILES string of the molecule is CN=C(NCCCCN1CCN(C)CC1)NCc1ccccc1OCC1CC1.I. The second-order valence-corrected chi connectivity index (χ2v) is 8.07.